The fourth-order valence-electron chi connectivity index (χ4n) is 14.6. The van der Waals surface area contributed by atoms with Crippen LogP contribution in [0.4, 0.5) is 0 Å². The topological polar surface area (TPSA) is 307 Å². The number of nitrogens with one attached hydrogen (secondary N) is 1. The Kier molecular flexibility index (Phi) is 59.9. The van der Waals surface area contributed by atoms with Gasteiger partial charge in [-0.2, -0.15) is 0 Å². The van der Waals surface area contributed by atoms with E-state index in [1.165, 1.54) is 289 Å². The molecule has 19 heteroatoms. The van der Waals surface area contributed by atoms with Crippen LogP contribution in [0, 0.1) is 0 Å². The number of aliphatic hydroxyl groups is 11. The first-order valence-corrected chi connectivity index (χ1v) is 42.7. The summed E-state index contributed by atoms with van der Waals surface area (Å²) in [6.07, 6.45) is 54.6. The van der Waals surface area contributed by atoms with Crippen LogP contribution in [0.1, 0.15) is 361 Å². The smallest absolute Gasteiger partial charge is 0.220 e. The van der Waals surface area contributed by atoms with E-state index in [0.29, 0.717) is 12.8 Å². The summed E-state index contributed by atoms with van der Waals surface area (Å²) in [4.78, 5) is 13.5. The minimum atomic E-state index is -1.98. The van der Waals surface area contributed by atoms with Gasteiger partial charge in [0.05, 0.1) is 38.6 Å². The molecule has 17 unspecified atom stereocenters. The van der Waals surface area contributed by atoms with Gasteiger partial charge < -0.3 is 89.9 Å². The third-order valence-electron chi connectivity index (χ3n) is 21.4. The summed E-state index contributed by atoms with van der Waals surface area (Å²) in [6.45, 7) is 1.76. The molecular formula is C84H157NO18. The number of amides is 1. The molecule has 12 N–H and O–H groups in total. The van der Waals surface area contributed by atoms with Crippen molar-refractivity contribution in [2.75, 3.05) is 26.4 Å². The summed E-state index contributed by atoms with van der Waals surface area (Å²) < 4.78 is 34.4. The predicted molar refractivity (Wildman–Crippen MR) is 411 cm³/mol. The van der Waals surface area contributed by atoms with Crippen molar-refractivity contribution in [1.29, 1.82) is 0 Å². The van der Waals surface area contributed by atoms with E-state index in [-0.39, 0.29) is 18.9 Å². The van der Waals surface area contributed by atoms with E-state index in [0.717, 1.165) is 38.5 Å². The molecule has 19 nitrogen and oxygen atoms in total. The summed E-state index contributed by atoms with van der Waals surface area (Å²) in [7, 11) is 0. The van der Waals surface area contributed by atoms with Gasteiger partial charge in [0.15, 0.2) is 18.9 Å². The molecule has 3 rings (SSSR count). The highest BCUT2D eigenvalue weighted by molar-refractivity contribution is 5.76. The number of carbonyl (C=O) groups is 1. The molecule has 3 saturated heterocycles. The molecule has 0 aromatic carbocycles. The van der Waals surface area contributed by atoms with Crippen LogP contribution in [0.15, 0.2) is 36.5 Å². The molecule has 0 spiro atoms. The van der Waals surface area contributed by atoms with Gasteiger partial charge in [-0.15, -0.1) is 0 Å². The van der Waals surface area contributed by atoms with Gasteiger partial charge in [0.2, 0.25) is 5.91 Å². The summed E-state index contributed by atoms with van der Waals surface area (Å²) >= 11 is 0. The standard InChI is InChI=1S/C84H157NO18/c1-3-5-7-9-11-13-15-17-19-21-23-24-25-26-27-28-29-30-31-32-33-34-35-36-37-38-39-40-41-42-44-46-48-50-52-54-56-58-60-62-72(90)85-67(68(89)61-59-57-55-53-51-49-47-45-43-22-20-18-16-14-12-10-8-6-4-2)66-98-82-78(96)75(93)80(70(64-87)100-82)103-84-79(97)76(94)81(71(65-88)101-84)102-83-77(95)74(92)73(91)69(63-86)99-83/h21,23,51,53,59,61,67-71,73-84,86-89,91-97H,3-20,22,24-50,52,54-58,60,62-66H2,1-2H3,(H,85,90)/b23-21-,53-51+,61-59+. The molecule has 0 saturated carbocycles. The third-order valence-corrected chi connectivity index (χ3v) is 21.4. The zero-order valence-corrected chi connectivity index (χ0v) is 65.1. The van der Waals surface area contributed by atoms with Crippen molar-refractivity contribution in [3.63, 3.8) is 0 Å². The Morgan fingerprint density at radius 2 is 0.621 bits per heavy atom. The van der Waals surface area contributed by atoms with Crippen molar-refractivity contribution in [2.45, 2.75) is 465 Å². The van der Waals surface area contributed by atoms with Crippen LogP contribution in [-0.4, -0.2) is 193 Å². The van der Waals surface area contributed by atoms with Crippen LogP contribution in [0.2, 0.25) is 0 Å². The van der Waals surface area contributed by atoms with Gasteiger partial charge in [0.25, 0.3) is 0 Å². The van der Waals surface area contributed by atoms with Gasteiger partial charge in [-0.1, -0.05) is 333 Å². The highest BCUT2D eigenvalue weighted by Crippen LogP contribution is 2.33. The van der Waals surface area contributed by atoms with Crippen molar-refractivity contribution >= 4 is 5.91 Å². The van der Waals surface area contributed by atoms with Gasteiger partial charge in [0, 0.05) is 6.42 Å². The van der Waals surface area contributed by atoms with E-state index in [1.54, 1.807) is 6.08 Å². The Hall–Kier alpha value is -1.99. The minimum Gasteiger partial charge on any atom is -0.394 e. The average molecular weight is 1470 g/mol. The number of hydrogen-bond acceptors (Lipinski definition) is 18. The second-order valence-electron chi connectivity index (χ2n) is 30.6. The van der Waals surface area contributed by atoms with E-state index < -0.39 is 124 Å². The molecule has 3 aliphatic rings. The molecule has 3 fully saturated rings. The monoisotopic (exact) mass is 1470 g/mol. The number of unbranched alkanes of at least 4 members (excludes halogenated alkanes) is 49. The second-order valence-corrected chi connectivity index (χ2v) is 30.6. The number of hydrogen-bond donors (Lipinski definition) is 12. The first kappa shape index (κ1) is 95.2. The molecule has 606 valence electrons. The van der Waals surface area contributed by atoms with Crippen LogP contribution in [-0.2, 0) is 33.2 Å². The van der Waals surface area contributed by atoms with Crippen LogP contribution < -0.4 is 5.32 Å². The van der Waals surface area contributed by atoms with Gasteiger partial charge in [-0.05, 0) is 57.8 Å². The molecule has 3 heterocycles. The molecule has 1 amide bonds. The Labute approximate surface area is 625 Å². The number of aliphatic hydroxyl groups excluding tert-OH is 11. The van der Waals surface area contributed by atoms with Gasteiger partial charge in [-0.25, -0.2) is 0 Å². The van der Waals surface area contributed by atoms with Crippen LogP contribution >= 0.6 is 0 Å². The van der Waals surface area contributed by atoms with Crippen molar-refractivity contribution in [2.24, 2.45) is 0 Å². The number of carbonyl (C=O) groups excluding carboxylic acids is 1. The highest BCUT2D eigenvalue weighted by Gasteiger charge is 2.54. The number of ether oxygens (including phenoxy) is 6. The Morgan fingerprint density at radius 3 is 0.971 bits per heavy atom. The Bertz CT molecular complexity index is 2000. The molecule has 3 aliphatic heterocycles. The molecule has 0 aliphatic carbocycles. The van der Waals surface area contributed by atoms with Crippen LogP contribution in [0.25, 0.3) is 0 Å². The van der Waals surface area contributed by atoms with Crippen molar-refractivity contribution in [3.05, 3.63) is 36.5 Å². The van der Waals surface area contributed by atoms with E-state index >= 15 is 0 Å². The van der Waals surface area contributed by atoms with E-state index in [1.807, 2.05) is 6.08 Å². The Morgan fingerprint density at radius 1 is 0.340 bits per heavy atom. The maximum atomic E-state index is 13.5. The van der Waals surface area contributed by atoms with Gasteiger partial charge in [-0.3, -0.25) is 4.79 Å². The summed E-state index contributed by atoms with van der Waals surface area (Å²) in [5.74, 6) is -0.278. The molecular weight excluding hydrogens is 1310 g/mol. The number of rotatable bonds is 69. The number of allylic oxidation sites excluding steroid dienone is 5. The lowest BCUT2D eigenvalue weighted by Gasteiger charge is -2.48. The SMILES string of the molecule is CCCCCCCCCC/C=C\CCCCCCCCCCCCCCCCCCCCCCCCCCCCCC(=O)NC(COC1OC(CO)C(OC2OC(CO)C(OC3OC(CO)C(O)C(O)C3O)C(O)C2O)C(O)C1O)C(O)/C=C/CC/C=C/CCCCCCCCCCCCCCC. The molecule has 0 radical (unpaired) electrons. The second kappa shape index (κ2) is 64.8. The van der Waals surface area contributed by atoms with Crippen molar-refractivity contribution in [3.8, 4) is 0 Å². The molecule has 0 bridgehead atoms. The van der Waals surface area contributed by atoms with E-state index in [9.17, 15) is 61.0 Å². The van der Waals surface area contributed by atoms with Crippen LogP contribution in [0.5, 0.6) is 0 Å². The molecule has 17 atom stereocenters. The highest BCUT2D eigenvalue weighted by atomic mass is 16.8. The zero-order valence-electron chi connectivity index (χ0n) is 65.1. The fourth-order valence-corrected chi connectivity index (χ4v) is 14.6. The van der Waals surface area contributed by atoms with Gasteiger partial charge in [0.1, 0.15) is 73.2 Å². The lowest BCUT2D eigenvalue weighted by atomic mass is 9.96. The predicted octanol–water partition coefficient (Wildman–Crippen LogP) is 15.1. The maximum Gasteiger partial charge on any atom is 0.220 e. The quantitative estimate of drug-likeness (QED) is 0.0199. The van der Waals surface area contributed by atoms with Gasteiger partial charge >= 0.3 is 0 Å². The minimum absolute atomic E-state index is 0.240. The lowest BCUT2D eigenvalue weighted by Crippen LogP contribution is -2.66. The first-order valence-electron chi connectivity index (χ1n) is 42.7. The summed E-state index contributed by atoms with van der Waals surface area (Å²) in [5.41, 5.74) is 0. The van der Waals surface area contributed by atoms with Crippen molar-refractivity contribution in [1.82, 2.24) is 5.32 Å². The summed E-state index contributed by atoms with van der Waals surface area (Å²) in [6, 6.07) is -0.989. The molecule has 103 heavy (non-hydrogen) atoms. The average Bonchev–Trinajstić information content (AvgIpc) is 0.781. The Balaban J connectivity index is 1.30. The normalized spacial score (nSPS) is 26.2. The third kappa shape index (κ3) is 44.5. The largest absolute Gasteiger partial charge is 0.394 e. The van der Waals surface area contributed by atoms with E-state index in [2.05, 4.69) is 43.5 Å². The summed E-state index contributed by atoms with van der Waals surface area (Å²) in [5, 5.41) is 121. The lowest BCUT2D eigenvalue weighted by molar-refractivity contribution is -0.379. The fraction of sp³-hybridized carbons (Fsp3) is 0.917. The molecule has 0 aromatic heterocycles. The maximum absolute atomic E-state index is 13.5. The van der Waals surface area contributed by atoms with E-state index in [4.69, 9.17) is 28.4 Å². The van der Waals surface area contributed by atoms with Crippen LogP contribution in [0.3, 0.4) is 0 Å². The first-order chi connectivity index (χ1) is 50.3. The zero-order chi connectivity index (χ0) is 74.6. The van der Waals surface area contributed by atoms with Crippen molar-refractivity contribution < 1.29 is 89.4 Å². The molecule has 0 aromatic rings.